The molecule has 2 fully saturated rings. The monoisotopic (exact) mass is 415 g/mol. The van der Waals surface area contributed by atoms with Crippen LogP contribution in [0, 0.1) is 6.92 Å². The zero-order valence-electron chi connectivity index (χ0n) is 16.0. The van der Waals surface area contributed by atoms with Gasteiger partial charge in [-0.3, -0.25) is 4.79 Å². The maximum atomic E-state index is 13.0. The summed E-state index contributed by atoms with van der Waals surface area (Å²) in [5.41, 5.74) is 3.29. The largest absolute Gasteiger partial charge is 0.364 e. The number of hydrogen-bond acceptors (Lipinski definition) is 7. The molecule has 10 heteroatoms. The van der Waals surface area contributed by atoms with E-state index < -0.39 is 9.84 Å². The normalized spacial score (nSPS) is 20.9. The second-order valence-corrected chi connectivity index (χ2v) is 10.1. The van der Waals surface area contributed by atoms with E-state index >= 15 is 0 Å². The van der Waals surface area contributed by atoms with Crippen LogP contribution >= 0.6 is 0 Å². The van der Waals surface area contributed by atoms with Crippen molar-refractivity contribution >= 4 is 26.8 Å². The fraction of sp³-hybridized carbons (Fsp3) is 0.474. The molecule has 9 nitrogen and oxygen atoms in total. The first-order valence-corrected chi connectivity index (χ1v) is 11.5. The molecular weight excluding hydrogens is 394 g/mol. The summed E-state index contributed by atoms with van der Waals surface area (Å²) in [6, 6.07) is 3.30. The van der Waals surface area contributed by atoms with E-state index in [1.165, 1.54) is 6.26 Å². The molecule has 0 spiro atoms. The van der Waals surface area contributed by atoms with E-state index in [4.69, 9.17) is 9.51 Å². The van der Waals surface area contributed by atoms with E-state index in [-0.39, 0.29) is 30.0 Å². The third kappa shape index (κ3) is 3.41. The maximum Gasteiger partial charge on any atom is 0.252 e. The summed E-state index contributed by atoms with van der Waals surface area (Å²) in [6.45, 7) is 2.08. The van der Waals surface area contributed by atoms with Gasteiger partial charge in [-0.05, 0) is 32.3 Å². The van der Waals surface area contributed by atoms with E-state index in [2.05, 4.69) is 15.6 Å². The summed E-state index contributed by atoms with van der Waals surface area (Å²) in [6.07, 6.45) is 4.07. The highest BCUT2D eigenvalue weighted by molar-refractivity contribution is 7.91. The molecule has 5 rings (SSSR count). The molecule has 152 valence electrons. The Kier molecular flexibility index (Phi) is 4.19. The first-order chi connectivity index (χ1) is 13.9. The molecule has 3 aromatic heterocycles. The van der Waals surface area contributed by atoms with Crippen molar-refractivity contribution in [1.82, 2.24) is 25.2 Å². The summed E-state index contributed by atoms with van der Waals surface area (Å²) in [7, 11) is -3.06. The summed E-state index contributed by atoms with van der Waals surface area (Å²) in [5.74, 6) is 0.332. The lowest BCUT2D eigenvalue weighted by Crippen LogP contribution is -2.23. The van der Waals surface area contributed by atoms with Crippen molar-refractivity contribution in [2.45, 2.75) is 44.7 Å². The zero-order valence-corrected chi connectivity index (χ0v) is 16.8. The highest BCUT2D eigenvalue weighted by Gasteiger charge is 2.34. The minimum absolute atomic E-state index is 0.0618. The van der Waals surface area contributed by atoms with Gasteiger partial charge >= 0.3 is 0 Å². The Morgan fingerprint density at radius 1 is 1.34 bits per heavy atom. The highest BCUT2D eigenvalue weighted by Crippen LogP contribution is 2.41. The third-order valence-electron chi connectivity index (χ3n) is 5.57. The Morgan fingerprint density at radius 2 is 2.17 bits per heavy atom. The number of carbonyl (C=O) groups excluding carboxylic acids is 1. The van der Waals surface area contributed by atoms with Crippen molar-refractivity contribution in [2.24, 2.45) is 0 Å². The number of amides is 1. The van der Waals surface area contributed by atoms with E-state index in [0.29, 0.717) is 40.3 Å². The fourth-order valence-corrected chi connectivity index (χ4v) is 5.61. The number of aromatic nitrogens is 4. The average molecular weight is 415 g/mol. The second-order valence-electron chi connectivity index (χ2n) is 7.83. The van der Waals surface area contributed by atoms with E-state index in [1.54, 1.807) is 10.7 Å². The number of carbonyl (C=O) groups is 1. The Balaban J connectivity index is 1.57. The zero-order chi connectivity index (χ0) is 20.2. The molecule has 1 saturated heterocycles. The molecule has 1 aliphatic carbocycles. The lowest BCUT2D eigenvalue weighted by molar-refractivity contribution is 0.0951. The minimum Gasteiger partial charge on any atom is -0.364 e. The van der Waals surface area contributed by atoms with Gasteiger partial charge in [0, 0.05) is 17.7 Å². The standard InChI is InChI=1S/C19H21N5O4S/c1-11-17-15(19(25)20-9-13-4-6-28-23-13)8-16(12-2-3-12)21-18(17)24(22-11)14-5-7-29(26,27)10-14/h4,6,8,12,14H,2-3,5,7,9-10H2,1H3,(H,20,25)/t14-/m1/s1. The summed E-state index contributed by atoms with van der Waals surface area (Å²) in [5, 5.41) is 12.0. The Labute approximate surface area is 167 Å². The van der Waals surface area contributed by atoms with Gasteiger partial charge in [0.2, 0.25) is 0 Å². The predicted octanol–water partition coefficient (Wildman–Crippen LogP) is 1.89. The van der Waals surface area contributed by atoms with Crippen LogP contribution in [0.1, 0.15) is 58.7 Å². The van der Waals surface area contributed by atoms with Gasteiger partial charge in [-0.15, -0.1) is 0 Å². The lowest BCUT2D eigenvalue weighted by atomic mass is 10.1. The molecule has 1 aliphatic heterocycles. The summed E-state index contributed by atoms with van der Waals surface area (Å²) in [4.78, 5) is 17.8. The van der Waals surface area contributed by atoms with Crippen LogP contribution in [0.15, 0.2) is 22.9 Å². The van der Waals surface area contributed by atoms with Crippen molar-refractivity contribution in [3.05, 3.63) is 41.0 Å². The van der Waals surface area contributed by atoms with Gasteiger partial charge in [-0.25, -0.2) is 18.1 Å². The summed E-state index contributed by atoms with van der Waals surface area (Å²) >= 11 is 0. The molecule has 0 aromatic carbocycles. The van der Waals surface area contributed by atoms with Crippen LogP contribution in [0.4, 0.5) is 0 Å². The third-order valence-corrected chi connectivity index (χ3v) is 7.32. The smallest absolute Gasteiger partial charge is 0.252 e. The number of rotatable bonds is 5. The second kappa shape index (κ2) is 6.65. The quantitative estimate of drug-likeness (QED) is 0.676. The topological polar surface area (TPSA) is 120 Å². The first kappa shape index (κ1) is 18.3. The molecule has 1 N–H and O–H groups in total. The minimum atomic E-state index is -3.06. The van der Waals surface area contributed by atoms with Gasteiger partial charge in [0.15, 0.2) is 15.5 Å². The van der Waals surface area contributed by atoms with E-state index in [9.17, 15) is 13.2 Å². The van der Waals surface area contributed by atoms with Gasteiger partial charge in [-0.1, -0.05) is 5.16 Å². The van der Waals surface area contributed by atoms with Crippen molar-refractivity contribution < 1.29 is 17.7 Å². The molecule has 1 amide bonds. The predicted molar refractivity (Wildman–Crippen MR) is 104 cm³/mol. The number of nitrogens with zero attached hydrogens (tertiary/aromatic N) is 4. The van der Waals surface area contributed by atoms with Crippen molar-refractivity contribution in [3.8, 4) is 0 Å². The first-order valence-electron chi connectivity index (χ1n) is 9.69. The van der Waals surface area contributed by atoms with Gasteiger partial charge < -0.3 is 9.84 Å². The summed E-state index contributed by atoms with van der Waals surface area (Å²) < 4.78 is 30.5. The average Bonchev–Trinajstić information content (AvgIpc) is 3.13. The molecule has 0 unspecified atom stereocenters. The van der Waals surface area contributed by atoms with Crippen LogP contribution in [-0.4, -0.2) is 45.8 Å². The van der Waals surface area contributed by atoms with Crippen LogP contribution < -0.4 is 5.32 Å². The molecule has 3 aromatic rings. The molecule has 1 saturated carbocycles. The fourth-order valence-electron chi connectivity index (χ4n) is 3.92. The number of nitrogens with one attached hydrogen (secondary N) is 1. The van der Waals surface area contributed by atoms with Gasteiger partial charge in [0.1, 0.15) is 12.0 Å². The van der Waals surface area contributed by atoms with Crippen molar-refractivity contribution in [3.63, 3.8) is 0 Å². The molecule has 2 aliphatic rings. The van der Waals surface area contributed by atoms with Gasteiger partial charge in [0.25, 0.3) is 5.91 Å². The Morgan fingerprint density at radius 3 is 2.83 bits per heavy atom. The molecule has 0 bridgehead atoms. The Bertz CT molecular complexity index is 1200. The van der Waals surface area contributed by atoms with Crippen LogP contribution in [0.5, 0.6) is 0 Å². The van der Waals surface area contributed by atoms with Crippen molar-refractivity contribution in [1.29, 1.82) is 0 Å². The maximum absolute atomic E-state index is 13.0. The Hall–Kier alpha value is -2.75. The van der Waals surface area contributed by atoms with Crippen LogP contribution in [0.25, 0.3) is 11.0 Å². The highest BCUT2D eigenvalue weighted by atomic mass is 32.2. The molecule has 4 heterocycles. The number of aryl methyl sites for hydroxylation is 1. The van der Waals surface area contributed by atoms with Gasteiger partial charge in [-0.2, -0.15) is 5.10 Å². The van der Waals surface area contributed by atoms with Crippen LogP contribution in [0.3, 0.4) is 0 Å². The molecule has 0 radical (unpaired) electrons. The number of pyridine rings is 1. The number of sulfone groups is 1. The number of hydrogen-bond donors (Lipinski definition) is 1. The van der Waals surface area contributed by atoms with Gasteiger partial charge in [0.05, 0.1) is 40.7 Å². The molecule has 29 heavy (non-hydrogen) atoms. The molecular formula is C19H21N5O4S. The van der Waals surface area contributed by atoms with E-state index in [1.807, 2.05) is 13.0 Å². The molecule has 1 atom stereocenters. The lowest BCUT2D eigenvalue weighted by Gasteiger charge is -2.12. The van der Waals surface area contributed by atoms with Crippen LogP contribution in [0.2, 0.25) is 0 Å². The SMILES string of the molecule is Cc1nn([C@@H]2CCS(=O)(=O)C2)c2nc(C3CC3)cc(C(=O)NCc3ccon3)c12. The van der Waals surface area contributed by atoms with Crippen molar-refractivity contribution in [2.75, 3.05) is 11.5 Å². The van der Waals surface area contributed by atoms with E-state index in [0.717, 1.165) is 18.5 Å². The van der Waals surface area contributed by atoms with Crippen LogP contribution in [-0.2, 0) is 16.4 Å². The number of fused-ring (bicyclic) bond motifs is 1.